The number of ether oxygens (including phenoxy) is 1. The Morgan fingerprint density at radius 3 is 2.35 bits per heavy atom. The Labute approximate surface area is 264 Å². The number of aromatic nitrogens is 2. The molecule has 0 saturated carbocycles. The molecule has 0 aliphatic carbocycles. The molecule has 2 aliphatic heterocycles. The van der Waals surface area contributed by atoms with Crippen molar-refractivity contribution in [2.24, 2.45) is 0 Å². The fourth-order valence-corrected chi connectivity index (χ4v) is 6.71. The number of likely N-dealkylation sites (tertiary alicyclic amines) is 1. The van der Waals surface area contributed by atoms with E-state index in [2.05, 4.69) is 24.9 Å². The quantitative estimate of drug-likeness (QED) is 0.193. The molecule has 0 spiro atoms. The maximum atomic E-state index is 13.4. The molecule has 1 atom stereocenters. The van der Waals surface area contributed by atoms with Gasteiger partial charge in [0.25, 0.3) is 0 Å². The van der Waals surface area contributed by atoms with Crippen molar-refractivity contribution in [3.8, 4) is 39.8 Å². The molecule has 0 radical (unpaired) electrons. The third-order valence-corrected chi connectivity index (χ3v) is 9.15. The first-order valence-electron chi connectivity index (χ1n) is 15.4. The number of carbonyl (C=O) groups is 1. The normalized spacial score (nSPS) is 17.2. The SMILES string of the molecule is Cc1c(-c2nc3c(o2)CN(C)CC3)cccc1-c1cccc(-c2nc3cc(CN4CCC[C@H]4C(=O)O)c(OC(F)F)cc3o2)c1C. The average Bonchev–Trinajstić information content (AvgIpc) is 3.75. The largest absolute Gasteiger partial charge is 0.480 e. The first-order chi connectivity index (χ1) is 22.2. The van der Waals surface area contributed by atoms with Crippen molar-refractivity contribution in [2.75, 3.05) is 20.1 Å². The van der Waals surface area contributed by atoms with Gasteiger partial charge in [0.2, 0.25) is 11.8 Å². The van der Waals surface area contributed by atoms with E-state index in [-0.39, 0.29) is 12.3 Å². The number of oxazole rings is 2. The second-order valence-electron chi connectivity index (χ2n) is 12.1. The van der Waals surface area contributed by atoms with Crippen LogP contribution in [0, 0.1) is 13.8 Å². The van der Waals surface area contributed by atoms with Gasteiger partial charge in [-0.05, 0) is 80.7 Å². The highest BCUT2D eigenvalue weighted by atomic mass is 19.3. The van der Waals surface area contributed by atoms with Gasteiger partial charge in [0.1, 0.15) is 23.1 Å². The molecule has 2 aromatic heterocycles. The summed E-state index contributed by atoms with van der Waals surface area (Å²) in [6.45, 7) is 3.40. The summed E-state index contributed by atoms with van der Waals surface area (Å²) in [5, 5.41) is 9.61. The number of benzene rings is 3. The lowest BCUT2D eigenvalue weighted by atomic mass is 9.91. The summed E-state index contributed by atoms with van der Waals surface area (Å²) >= 11 is 0. The molecule has 4 heterocycles. The number of carboxylic acid groups (broad SMARTS) is 1. The van der Waals surface area contributed by atoms with E-state index in [0.29, 0.717) is 47.8 Å². The highest BCUT2D eigenvalue weighted by Gasteiger charge is 2.31. The van der Waals surface area contributed by atoms with E-state index in [4.69, 9.17) is 23.5 Å². The van der Waals surface area contributed by atoms with Crippen LogP contribution in [0.1, 0.15) is 41.0 Å². The number of carboxylic acids is 1. The lowest BCUT2D eigenvalue weighted by molar-refractivity contribution is -0.142. The molecular formula is C35H34F2N4O5. The fourth-order valence-electron chi connectivity index (χ4n) is 6.71. The van der Waals surface area contributed by atoms with Gasteiger partial charge >= 0.3 is 12.6 Å². The summed E-state index contributed by atoms with van der Waals surface area (Å²) < 4.78 is 44.0. The number of hydrogen-bond donors (Lipinski definition) is 1. The minimum Gasteiger partial charge on any atom is -0.480 e. The van der Waals surface area contributed by atoms with Crippen molar-refractivity contribution in [1.29, 1.82) is 0 Å². The molecule has 7 rings (SSSR count). The third kappa shape index (κ3) is 5.54. The molecule has 46 heavy (non-hydrogen) atoms. The van der Waals surface area contributed by atoms with Crippen LogP contribution >= 0.6 is 0 Å². The van der Waals surface area contributed by atoms with Crippen LogP contribution in [0.2, 0.25) is 0 Å². The standard InChI is InChI=1S/C35H34F2N4O5/c1-19-22(7-4-9-24(19)32-38-26-12-14-40(3)18-31(26)45-32)23-8-5-10-25(20(23)2)33-39-27-15-21(17-41-13-6-11-28(41)34(42)43)29(46-35(36)37)16-30(27)44-33/h4-5,7-10,15-16,28,35H,6,11-14,17-18H2,1-3H3,(H,42,43)/t28-/m0/s1. The van der Waals surface area contributed by atoms with Crippen molar-refractivity contribution in [2.45, 2.75) is 58.9 Å². The van der Waals surface area contributed by atoms with E-state index >= 15 is 0 Å². The van der Waals surface area contributed by atoms with Crippen molar-refractivity contribution in [3.05, 3.63) is 76.7 Å². The maximum Gasteiger partial charge on any atom is 0.387 e. The molecule has 2 aliphatic rings. The number of alkyl halides is 2. The smallest absolute Gasteiger partial charge is 0.387 e. The Morgan fingerprint density at radius 2 is 1.67 bits per heavy atom. The molecular weight excluding hydrogens is 594 g/mol. The summed E-state index contributed by atoms with van der Waals surface area (Å²) in [5.41, 5.74) is 7.89. The van der Waals surface area contributed by atoms with E-state index in [0.717, 1.165) is 64.3 Å². The number of fused-ring (bicyclic) bond motifs is 2. The van der Waals surface area contributed by atoms with Gasteiger partial charge in [-0.25, -0.2) is 9.97 Å². The van der Waals surface area contributed by atoms with Gasteiger partial charge in [-0.1, -0.05) is 24.3 Å². The van der Waals surface area contributed by atoms with Crippen LogP contribution < -0.4 is 4.74 Å². The third-order valence-electron chi connectivity index (χ3n) is 9.15. The maximum absolute atomic E-state index is 13.4. The van der Waals surface area contributed by atoms with Crippen molar-refractivity contribution in [1.82, 2.24) is 19.8 Å². The lowest BCUT2D eigenvalue weighted by Crippen LogP contribution is -2.35. The van der Waals surface area contributed by atoms with Gasteiger partial charge in [0, 0.05) is 42.3 Å². The number of nitrogens with zero attached hydrogens (tertiary/aromatic N) is 4. The fraction of sp³-hybridized carbons (Fsp3) is 0.343. The molecule has 0 unspecified atom stereocenters. The van der Waals surface area contributed by atoms with Crippen LogP contribution in [0.25, 0.3) is 45.1 Å². The minimum absolute atomic E-state index is 0.0565. The Hall–Kier alpha value is -4.61. The zero-order valence-electron chi connectivity index (χ0n) is 25.8. The Bertz CT molecular complexity index is 1950. The lowest BCUT2D eigenvalue weighted by Gasteiger charge is -2.22. The number of rotatable bonds is 8. The van der Waals surface area contributed by atoms with Gasteiger partial charge in [-0.2, -0.15) is 8.78 Å². The Kier molecular flexibility index (Phi) is 7.82. The van der Waals surface area contributed by atoms with Crippen molar-refractivity contribution in [3.63, 3.8) is 0 Å². The van der Waals surface area contributed by atoms with Crippen LogP contribution in [-0.4, -0.2) is 63.6 Å². The average molecular weight is 629 g/mol. The highest BCUT2D eigenvalue weighted by molar-refractivity contribution is 5.84. The summed E-state index contributed by atoms with van der Waals surface area (Å²) in [4.78, 5) is 25.3. The van der Waals surface area contributed by atoms with Crippen LogP contribution in [0.15, 0.2) is 57.4 Å². The Morgan fingerprint density at radius 1 is 1.00 bits per heavy atom. The van der Waals surface area contributed by atoms with Crippen LogP contribution in [0.4, 0.5) is 8.78 Å². The second kappa shape index (κ2) is 12.0. The number of halogens is 2. The van der Waals surface area contributed by atoms with Crippen LogP contribution in [-0.2, 0) is 24.3 Å². The van der Waals surface area contributed by atoms with E-state index in [9.17, 15) is 18.7 Å². The molecule has 0 amide bonds. The van der Waals surface area contributed by atoms with E-state index in [1.165, 1.54) is 6.07 Å². The molecule has 0 bridgehead atoms. The van der Waals surface area contributed by atoms with E-state index < -0.39 is 18.6 Å². The molecule has 9 nitrogen and oxygen atoms in total. The molecule has 1 fully saturated rings. The Balaban J connectivity index is 1.24. The monoisotopic (exact) mass is 628 g/mol. The van der Waals surface area contributed by atoms with E-state index in [1.54, 1.807) is 11.0 Å². The number of aliphatic carboxylic acids is 1. The zero-order chi connectivity index (χ0) is 32.1. The second-order valence-corrected chi connectivity index (χ2v) is 12.1. The summed E-state index contributed by atoms with van der Waals surface area (Å²) in [5.74, 6) is 0.891. The van der Waals surface area contributed by atoms with Crippen LogP contribution in [0.3, 0.4) is 0 Å². The predicted molar refractivity (Wildman–Crippen MR) is 168 cm³/mol. The van der Waals surface area contributed by atoms with Gasteiger partial charge in [0.05, 0.1) is 12.2 Å². The first-order valence-corrected chi connectivity index (χ1v) is 15.4. The molecule has 1 saturated heterocycles. The number of hydrogen-bond acceptors (Lipinski definition) is 8. The summed E-state index contributed by atoms with van der Waals surface area (Å²) in [6.07, 6.45) is 2.08. The molecule has 11 heteroatoms. The van der Waals surface area contributed by atoms with Crippen LogP contribution in [0.5, 0.6) is 5.75 Å². The summed E-state index contributed by atoms with van der Waals surface area (Å²) in [6, 6.07) is 14.4. The molecule has 3 aromatic carbocycles. The molecule has 238 valence electrons. The molecule has 1 N–H and O–H groups in total. The van der Waals surface area contributed by atoms with Crippen molar-refractivity contribution >= 4 is 17.1 Å². The molecule has 5 aromatic rings. The summed E-state index contributed by atoms with van der Waals surface area (Å²) in [7, 11) is 2.07. The van der Waals surface area contributed by atoms with E-state index in [1.807, 2.05) is 37.3 Å². The van der Waals surface area contributed by atoms with Gasteiger partial charge in [-0.3, -0.25) is 14.6 Å². The first kappa shape index (κ1) is 30.1. The van der Waals surface area contributed by atoms with Gasteiger partial charge in [0.15, 0.2) is 5.58 Å². The van der Waals surface area contributed by atoms with Gasteiger partial charge in [-0.15, -0.1) is 0 Å². The van der Waals surface area contributed by atoms with Gasteiger partial charge < -0.3 is 18.7 Å². The predicted octanol–water partition coefficient (Wildman–Crippen LogP) is 7.07. The number of likely N-dealkylation sites (N-methyl/N-ethyl adjacent to an activating group) is 1. The van der Waals surface area contributed by atoms with Crippen molar-refractivity contribution < 1.29 is 32.3 Å². The zero-order valence-corrected chi connectivity index (χ0v) is 25.8. The minimum atomic E-state index is -3.05. The highest BCUT2D eigenvalue weighted by Crippen LogP contribution is 2.39. The topological polar surface area (TPSA) is 105 Å².